The molecule has 282 valence electrons. The van der Waals surface area contributed by atoms with Crippen LogP contribution in [0, 0.1) is 0 Å². The van der Waals surface area contributed by atoms with Crippen LogP contribution < -0.4 is 49.5 Å². The molecule has 1 aliphatic rings. The van der Waals surface area contributed by atoms with Crippen molar-refractivity contribution in [2.24, 2.45) is 32.9 Å². The number of carbonyl (C=O) groups excluding carboxylic acids is 5. The molecule has 0 aliphatic carbocycles. The molecule has 4 rings (SSSR count). The quantitative estimate of drug-likeness (QED) is 0.0585. The van der Waals surface area contributed by atoms with Gasteiger partial charge in [0.05, 0.1) is 6.54 Å². The summed E-state index contributed by atoms with van der Waals surface area (Å²) in [7, 11) is 0. The predicted octanol–water partition coefficient (Wildman–Crippen LogP) is -1.49. The molecular weight excluding hydrogens is 682 g/mol. The minimum absolute atomic E-state index is 0.00775. The van der Waals surface area contributed by atoms with E-state index in [2.05, 4.69) is 36.6 Å². The van der Waals surface area contributed by atoms with E-state index in [0.29, 0.717) is 5.56 Å². The maximum absolute atomic E-state index is 13.9. The number of phenolic OH excluding ortho intramolecular Hbond substituents is 1. The van der Waals surface area contributed by atoms with Crippen LogP contribution in [-0.4, -0.2) is 90.4 Å². The third kappa shape index (κ3) is 12.7. The van der Waals surface area contributed by atoms with Gasteiger partial charge in [0.1, 0.15) is 29.9 Å². The Hall–Kier alpha value is -6.39. The molecule has 3 aromatic carbocycles. The summed E-state index contributed by atoms with van der Waals surface area (Å²) in [6.07, 6.45) is 0.769. The highest BCUT2D eigenvalue weighted by atomic mass is 16.3. The molecule has 0 bridgehead atoms. The monoisotopic (exact) mass is 729 g/mol. The molecule has 4 atom stereocenters. The molecule has 1 fully saturated rings. The molecule has 0 aromatic heterocycles. The van der Waals surface area contributed by atoms with Crippen molar-refractivity contribution in [1.82, 2.24) is 26.6 Å². The summed E-state index contributed by atoms with van der Waals surface area (Å²) in [5, 5.41) is 25.1. The van der Waals surface area contributed by atoms with E-state index in [4.69, 9.17) is 22.9 Å². The van der Waals surface area contributed by atoms with Gasteiger partial charge in [0.25, 0.3) is 0 Å². The molecule has 1 saturated heterocycles. The minimum atomic E-state index is -1.19. The molecule has 17 nitrogen and oxygen atoms in total. The molecular formula is C36H47N11O6. The van der Waals surface area contributed by atoms with Gasteiger partial charge in [-0.05, 0) is 59.7 Å². The first-order valence-electron chi connectivity index (χ1n) is 17.2. The van der Waals surface area contributed by atoms with Gasteiger partial charge in [-0.1, -0.05) is 54.6 Å². The highest BCUT2D eigenvalue weighted by Crippen LogP contribution is 2.17. The third-order valence-corrected chi connectivity index (χ3v) is 8.49. The van der Waals surface area contributed by atoms with Gasteiger partial charge in [-0.15, -0.1) is 0 Å². The van der Waals surface area contributed by atoms with E-state index in [9.17, 15) is 29.1 Å². The van der Waals surface area contributed by atoms with E-state index in [-0.39, 0.29) is 69.3 Å². The van der Waals surface area contributed by atoms with Crippen molar-refractivity contribution in [2.45, 2.75) is 62.7 Å². The molecule has 0 spiro atoms. The van der Waals surface area contributed by atoms with Gasteiger partial charge < -0.3 is 54.6 Å². The van der Waals surface area contributed by atoms with Crippen LogP contribution in [0.2, 0.25) is 0 Å². The van der Waals surface area contributed by atoms with Crippen molar-refractivity contribution in [3.8, 4) is 5.75 Å². The van der Waals surface area contributed by atoms with Crippen LogP contribution in [0.4, 0.5) is 0 Å². The lowest BCUT2D eigenvalue weighted by atomic mass is 10.0. The van der Waals surface area contributed by atoms with E-state index in [0.717, 1.165) is 16.3 Å². The van der Waals surface area contributed by atoms with Gasteiger partial charge in [-0.2, -0.15) is 0 Å². The first kappa shape index (κ1) is 39.4. The summed E-state index contributed by atoms with van der Waals surface area (Å²) in [5.74, 6) is -3.66. The van der Waals surface area contributed by atoms with Crippen molar-refractivity contribution in [3.63, 3.8) is 0 Å². The van der Waals surface area contributed by atoms with Gasteiger partial charge >= 0.3 is 0 Å². The van der Waals surface area contributed by atoms with E-state index in [1.165, 1.54) is 12.1 Å². The average molecular weight is 730 g/mol. The largest absolute Gasteiger partial charge is 0.508 e. The van der Waals surface area contributed by atoms with Gasteiger partial charge in [0.15, 0.2) is 11.9 Å². The zero-order chi connectivity index (χ0) is 38.3. The average Bonchev–Trinajstić information content (AvgIpc) is 3.12. The van der Waals surface area contributed by atoms with Crippen molar-refractivity contribution in [1.29, 1.82) is 0 Å². The van der Waals surface area contributed by atoms with Crippen LogP contribution >= 0.6 is 0 Å². The molecule has 1 heterocycles. The first-order valence-corrected chi connectivity index (χ1v) is 17.2. The number of carbonyl (C=O) groups is 5. The van der Waals surface area contributed by atoms with E-state index < -0.39 is 60.2 Å². The fourth-order valence-corrected chi connectivity index (χ4v) is 5.79. The van der Waals surface area contributed by atoms with Gasteiger partial charge in [0, 0.05) is 25.9 Å². The van der Waals surface area contributed by atoms with Crippen molar-refractivity contribution in [2.75, 3.05) is 19.6 Å². The molecule has 1 aliphatic heterocycles. The molecule has 3 aromatic rings. The SMILES string of the molecule is NC(N)=NCCC[C@@H]1NC(=O)[C@H](Cc2ccc(O)cc2)NC(=O)CNC(=O)[C@@H](Cc2ccc3ccccc3c2)NC(=O)[C@@H](CCCN=C(N)N)NC1=O. The Morgan fingerprint density at radius 2 is 1.09 bits per heavy atom. The molecule has 14 N–H and O–H groups in total. The number of aromatic hydroxyl groups is 1. The number of benzene rings is 3. The van der Waals surface area contributed by atoms with Crippen LogP contribution in [-0.2, 0) is 36.8 Å². The maximum atomic E-state index is 13.9. The number of amides is 5. The summed E-state index contributed by atoms with van der Waals surface area (Å²) < 4.78 is 0. The number of nitrogens with zero attached hydrogens (tertiary/aromatic N) is 2. The van der Waals surface area contributed by atoms with Gasteiger partial charge in [0.2, 0.25) is 29.5 Å². The van der Waals surface area contributed by atoms with Crippen LogP contribution in [0.1, 0.15) is 36.8 Å². The summed E-state index contributed by atoms with van der Waals surface area (Å²) in [6, 6.07) is 14.7. The molecule has 53 heavy (non-hydrogen) atoms. The first-order chi connectivity index (χ1) is 25.4. The maximum Gasteiger partial charge on any atom is 0.243 e. The summed E-state index contributed by atoms with van der Waals surface area (Å²) in [6.45, 7) is -0.194. The summed E-state index contributed by atoms with van der Waals surface area (Å²) in [5.41, 5.74) is 23.2. The molecule has 0 saturated carbocycles. The molecule has 0 unspecified atom stereocenters. The Balaban J connectivity index is 1.68. The third-order valence-electron chi connectivity index (χ3n) is 8.49. The van der Waals surface area contributed by atoms with Crippen molar-refractivity contribution in [3.05, 3.63) is 77.9 Å². The normalized spacial score (nSPS) is 20.0. The van der Waals surface area contributed by atoms with Crippen LogP contribution in [0.15, 0.2) is 76.7 Å². The van der Waals surface area contributed by atoms with Crippen LogP contribution in [0.3, 0.4) is 0 Å². The number of hydrogen-bond donors (Lipinski definition) is 10. The highest BCUT2D eigenvalue weighted by molar-refractivity contribution is 5.97. The summed E-state index contributed by atoms with van der Waals surface area (Å²) >= 11 is 0. The fourth-order valence-electron chi connectivity index (χ4n) is 5.79. The summed E-state index contributed by atoms with van der Waals surface area (Å²) in [4.78, 5) is 76.4. The number of rotatable bonds is 12. The Morgan fingerprint density at radius 1 is 0.604 bits per heavy atom. The smallest absolute Gasteiger partial charge is 0.243 e. The second-order valence-electron chi connectivity index (χ2n) is 12.7. The topological polar surface area (TPSA) is 295 Å². The van der Waals surface area contributed by atoms with Gasteiger partial charge in [-0.3, -0.25) is 34.0 Å². The Kier molecular flexibility index (Phi) is 14.3. The molecule has 17 heteroatoms. The zero-order valence-electron chi connectivity index (χ0n) is 29.2. The fraction of sp³-hybridized carbons (Fsp3) is 0.361. The van der Waals surface area contributed by atoms with E-state index >= 15 is 0 Å². The Labute approximate surface area is 306 Å². The highest BCUT2D eigenvalue weighted by Gasteiger charge is 2.32. The number of aliphatic imine (C=N–C) groups is 2. The Bertz CT molecular complexity index is 1820. The molecule has 5 amide bonds. The number of phenols is 1. The lowest BCUT2D eigenvalue weighted by molar-refractivity contribution is -0.134. The zero-order valence-corrected chi connectivity index (χ0v) is 29.2. The number of fused-ring (bicyclic) bond motifs is 1. The van der Waals surface area contributed by atoms with Crippen LogP contribution in [0.25, 0.3) is 10.8 Å². The van der Waals surface area contributed by atoms with Crippen molar-refractivity contribution < 1.29 is 29.1 Å². The standard InChI is InChI=1S/C36H47N11O6/c37-35(38)41-15-3-7-26-32(51)45-27(8-4-16-42-36(39)40)33(52)47-28(19-22-9-12-23-5-1-2-6-24(23)17-22)31(50)43-20-30(49)44-29(34(53)46-26)18-21-10-13-25(48)14-11-21/h1-2,5-6,9-14,17,26-29,48H,3-4,7-8,15-16,18-20H2,(H,43,50)(H,44,49)(H,45,51)(H,46,53)(H,47,52)(H4,37,38,41)(H4,39,40,42)/t26-,27+,28+,29-/m0/s1. The number of nitrogens with two attached hydrogens (primary N) is 4. The molecule has 0 radical (unpaired) electrons. The lowest BCUT2D eigenvalue weighted by Gasteiger charge is -2.26. The Morgan fingerprint density at radius 3 is 1.68 bits per heavy atom. The lowest BCUT2D eigenvalue weighted by Crippen LogP contribution is -2.58. The van der Waals surface area contributed by atoms with E-state index in [1.54, 1.807) is 12.1 Å². The predicted molar refractivity (Wildman–Crippen MR) is 200 cm³/mol. The van der Waals surface area contributed by atoms with Crippen molar-refractivity contribution >= 4 is 52.2 Å². The second kappa shape index (κ2) is 19.3. The van der Waals surface area contributed by atoms with Gasteiger partial charge in [-0.25, -0.2) is 0 Å². The number of hydrogen-bond acceptors (Lipinski definition) is 8. The number of nitrogens with one attached hydrogen (secondary N) is 5. The second-order valence-corrected chi connectivity index (χ2v) is 12.7. The number of guanidine groups is 2. The minimum Gasteiger partial charge on any atom is -0.508 e. The van der Waals surface area contributed by atoms with Crippen LogP contribution in [0.5, 0.6) is 5.75 Å². The van der Waals surface area contributed by atoms with E-state index in [1.807, 2.05) is 42.5 Å².